The number of primary amides is 1. The normalized spacial score (nSPS) is 24.2. The fourth-order valence-electron chi connectivity index (χ4n) is 3.89. The molecule has 0 spiro atoms. The summed E-state index contributed by atoms with van der Waals surface area (Å²) in [6.45, 7) is 1.95. The van der Waals surface area contributed by atoms with Crippen molar-refractivity contribution in [2.24, 2.45) is 5.73 Å². The summed E-state index contributed by atoms with van der Waals surface area (Å²) in [6.07, 6.45) is 0.565. The van der Waals surface area contributed by atoms with E-state index in [1.54, 1.807) is 4.90 Å². The first kappa shape index (κ1) is 15.7. The Hall–Kier alpha value is -2.82. The fourth-order valence-corrected chi connectivity index (χ4v) is 3.89. The number of ether oxygens (including phenoxy) is 1. The van der Waals surface area contributed by atoms with Gasteiger partial charge in [0.05, 0.1) is 5.92 Å². The van der Waals surface area contributed by atoms with E-state index in [1.807, 2.05) is 55.5 Å². The molecule has 0 saturated carbocycles. The lowest BCUT2D eigenvalue weighted by atomic mass is 9.85. The molecule has 0 aliphatic carbocycles. The maximum atomic E-state index is 13.2. The van der Waals surface area contributed by atoms with E-state index in [0.29, 0.717) is 12.8 Å². The fraction of sp³-hybridized carbons (Fsp3) is 0.300. The predicted molar refractivity (Wildman–Crippen MR) is 94.5 cm³/mol. The highest BCUT2D eigenvalue weighted by Gasteiger charge is 2.40. The first-order valence-corrected chi connectivity index (χ1v) is 8.52. The maximum Gasteiger partial charge on any atom is 0.268 e. The second kappa shape index (κ2) is 5.92. The molecule has 0 bridgehead atoms. The second-order valence-electron chi connectivity index (χ2n) is 6.73. The van der Waals surface area contributed by atoms with Crippen molar-refractivity contribution in [2.45, 2.75) is 37.8 Å². The van der Waals surface area contributed by atoms with Crippen LogP contribution in [0.25, 0.3) is 0 Å². The third-order valence-electron chi connectivity index (χ3n) is 5.09. The summed E-state index contributed by atoms with van der Waals surface area (Å²) >= 11 is 0. The zero-order valence-corrected chi connectivity index (χ0v) is 14.0. The van der Waals surface area contributed by atoms with Crippen LogP contribution in [0.4, 0.5) is 5.69 Å². The van der Waals surface area contributed by atoms with E-state index in [4.69, 9.17) is 10.5 Å². The van der Waals surface area contributed by atoms with Crippen molar-refractivity contribution in [1.29, 1.82) is 0 Å². The molecule has 0 fully saturated rings. The van der Waals surface area contributed by atoms with Crippen molar-refractivity contribution in [3.63, 3.8) is 0 Å². The minimum absolute atomic E-state index is 0.0703. The molecule has 3 atom stereocenters. The van der Waals surface area contributed by atoms with Crippen molar-refractivity contribution >= 4 is 17.5 Å². The number of para-hydroxylation sites is 2. The molecule has 2 heterocycles. The molecule has 25 heavy (non-hydrogen) atoms. The minimum atomic E-state index is -0.530. The van der Waals surface area contributed by atoms with E-state index in [2.05, 4.69) is 0 Å². The third kappa shape index (κ3) is 2.56. The molecule has 4 rings (SSSR count). The second-order valence-corrected chi connectivity index (χ2v) is 6.73. The Labute approximate surface area is 146 Å². The number of hydrogen-bond acceptors (Lipinski definition) is 3. The lowest BCUT2D eigenvalue weighted by Crippen LogP contribution is -2.50. The Bertz CT molecular complexity index is 823. The van der Waals surface area contributed by atoms with Gasteiger partial charge < -0.3 is 15.4 Å². The topological polar surface area (TPSA) is 72.6 Å². The molecule has 128 valence electrons. The molecule has 2 aromatic rings. The number of nitrogens with two attached hydrogens (primary N) is 1. The molecule has 2 aromatic carbocycles. The Morgan fingerprint density at radius 3 is 2.60 bits per heavy atom. The largest absolute Gasteiger partial charge is 0.480 e. The molecule has 5 nitrogen and oxygen atoms in total. The number of carbonyl (C=O) groups is 2. The van der Waals surface area contributed by atoms with Crippen LogP contribution in [0.2, 0.25) is 0 Å². The number of benzene rings is 2. The summed E-state index contributed by atoms with van der Waals surface area (Å²) in [5.74, 6) is -0.0132. The molecule has 2 aliphatic rings. The molecular weight excluding hydrogens is 316 g/mol. The van der Waals surface area contributed by atoms with E-state index in [-0.39, 0.29) is 23.8 Å². The number of hydrogen-bond donors (Lipinski definition) is 1. The lowest BCUT2D eigenvalue weighted by molar-refractivity contribution is -0.126. The minimum Gasteiger partial charge on any atom is -0.480 e. The molecular formula is C20H20N2O3. The van der Waals surface area contributed by atoms with Gasteiger partial charge in [-0.25, -0.2) is 0 Å². The first-order chi connectivity index (χ1) is 12.1. The van der Waals surface area contributed by atoms with Crippen molar-refractivity contribution in [3.05, 3.63) is 59.7 Å². The molecule has 5 heteroatoms. The van der Waals surface area contributed by atoms with Gasteiger partial charge in [0.15, 0.2) is 6.10 Å². The highest BCUT2D eigenvalue weighted by molar-refractivity contribution is 6.00. The highest BCUT2D eigenvalue weighted by atomic mass is 16.5. The van der Waals surface area contributed by atoms with Gasteiger partial charge in [0.25, 0.3) is 5.91 Å². The van der Waals surface area contributed by atoms with Gasteiger partial charge in [-0.2, -0.15) is 0 Å². The zero-order chi connectivity index (χ0) is 17.6. The summed E-state index contributed by atoms with van der Waals surface area (Å²) in [6, 6.07) is 15.1. The monoisotopic (exact) mass is 336 g/mol. The van der Waals surface area contributed by atoms with Gasteiger partial charge in [0.2, 0.25) is 5.91 Å². The van der Waals surface area contributed by atoms with Gasteiger partial charge in [-0.3, -0.25) is 9.59 Å². The van der Waals surface area contributed by atoms with Crippen LogP contribution in [0.3, 0.4) is 0 Å². The van der Waals surface area contributed by atoms with E-state index >= 15 is 0 Å². The van der Waals surface area contributed by atoms with Gasteiger partial charge in [-0.15, -0.1) is 0 Å². The first-order valence-electron chi connectivity index (χ1n) is 8.52. The Morgan fingerprint density at radius 2 is 1.84 bits per heavy atom. The smallest absolute Gasteiger partial charge is 0.268 e. The molecule has 0 unspecified atom stereocenters. The number of fused-ring (bicyclic) bond motifs is 2. The van der Waals surface area contributed by atoms with E-state index in [0.717, 1.165) is 22.6 Å². The van der Waals surface area contributed by atoms with Crippen molar-refractivity contribution in [2.75, 3.05) is 4.90 Å². The van der Waals surface area contributed by atoms with E-state index in [9.17, 15) is 9.59 Å². The van der Waals surface area contributed by atoms with Crippen molar-refractivity contribution in [1.82, 2.24) is 0 Å². The zero-order valence-electron chi connectivity index (χ0n) is 14.0. The van der Waals surface area contributed by atoms with Gasteiger partial charge in [0, 0.05) is 18.2 Å². The standard InChI is InChI=1S/C20H20N2O3/c1-12-10-15(19(21)23)14-7-3-4-8-16(14)22(12)20(24)18-11-13-6-2-5-9-17(13)25-18/h2-9,12,15,18H,10-11H2,1H3,(H2,21,23)/t12-,15+,18+/m1/s1. The highest BCUT2D eigenvalue weighted by Crippen LogP contribution is 2.39. The van der Waals surface area contributed by atoms with Crippen LogP contribution in [0.5, 0.6) is 5.75 Å². The SMILES string of the molecule is C[C@@H]1C[C@H](C(N)=O)c2ccccc2N1C(=O)[C@@H]1Cc2ccccc2O1. The van der Waals surface area contributed by atoms with Crippen LogP contribution < -0.4 is 15.4 Å². The van der Waals surface area contributed by atoms with E-state index < -0.39 is 6.10 Å². The summed E-state index contributed by atoms with van der Waals surface area (Å²) in [5.41, 5.74) is 8.20. The quantitative estimate of drug-likeness (QED) is 0.915. The lowest BCUT2D eigenvalue weighted by Gasteiger charge is -2.39. The van der Waals surface area contributed by atoms with Gasteiger partial charge in [0.1, 0.15) is 5.75 Å². The Balaban J connectivity index is 1.67. The number of carbonyl (C=O) groups excluding carboxylic acids is 2. The molecule has 0 radical (unpaired) electrons. The summed E-state index contributed by atoms with van der Waals surface area (Å²) in [4.78, 5) is 26.8. The van der Waals surface area contributed by atoms with Crippen LogP contribution in [-0.4, -0.2) is 24.0 Å². The Kier molecular flexibility index (Phi) is 3.71. The third-order valence-corrected chi connectivity index (χ3v) is 5.09. The van der Waals surface area contributed by atoms with Crippen molar-refractivity contribution < 1.29 is 14.3 Å². The number of nitrogens with zero attached hydrogens (tertiary/aromatic N) is 1. The predicted octanol–water partition coefficient (Wildman–Crippen LogP) is 2.38. The number of rotatable bonds is 2. The molecule has 0 aromatic heterocycles. The Morgan fingerprint density at radius 1 is 1.12 bits per heavy atom. The number of anilines is 1. The molecule has 0 saturated heterocycles. The van der Waals surface area contributed by atoms with E-state index in [1.165, 1.54) is 0 Å². The average molecular weight is 336 g/mol. The van der Waals surface area contributed by atoms with Crippen LogP contribution in [0.15, 0.2) is 48.5 Å². The van der Waals surface area contributed by atoms with Crippen LogP contribution in [0, 0.1) is 0 Å². The summed E-state index contributed by atoms with van der Waals surface area (Å²) < 4.78 is 5.88. The van der Waals surface area contributed by atoms with Gasteiger partial charge >= 0.3 is 0 Å². The maximum absolute atomic E-state index is 13.2. The number of amides is 2. The van der Waals surface area contributed by atoms with Crippen LogP contribution >= 0.6 is 0 Å². The molecule has 2 amide bonds. The summed E-state index contributed by atoms with van der Waals surface area (Å²) in [7, 11) is 0. The van der Waals surface area contributed by atoms with Crippen LogP contribution in [-0.2, 0) is 16.0 Å². The van der Waals surface area contributed by atoms with Gasteiger partial charge in [-0.05, 0) is 36.6 Å². The van der Waals surface area contributed by atoms with Crippen LogP contribution in [0.1, 0.15) is 30.4 Å². The summed E-state index contributed by atoms with van der Waals surface area (Å²) in [5, 5.41) is 0. The average Bonchev–Trinajstić information content (AvgIpc) is 3.04. The molecule has 2 N–H and O–H groups in total. The van der Waals surface area contributed by atoms with Gasteiger partial charge in [-0.1, -0.05) is 36.4 Å². The molecule has 2 aliphatic heterocycles. The van der Waals surface area contributed by atoms with Crippen molar-refractivity contribution in [3.8, 4) is 5.75 Å².